The largest absolute Gasteiger partial charge is 0.369 e. The second-order valence-corrected chi connectivity index (χ2v) is 9.53. The highest BCUT2D eigenvalue weighted by Crippen LogP contribution is 2.34. The van der Waals surface area contributed by atoms with Crippen LogP contribution in [0.5, 0.6) is 0 Å². The van der Waals surface area contributed by atoms with Crippen molar-refractivity contribution in [2.24, 2.45) is 5.73 Å². The average Bonchev–Trinajstić information content (AvgIpc) is 3.55. The summed E-state index contributed by atoms with van der Waals surface area (Å²) < 4.78 is 1.75. The van der Waals surface area contributed by atoms with Crippen molar-refractivity contribution < 1.29 is 9.59 Å². The Morgan fingerprint density at radius 2 is 1.78 bits per heavy atom. The van der Waals surface area contributed by atoms with Crippen LogP contribution in [-0.4, -0.2) is 74.8 Å². The monoisotopic (exact) mass is 493 g/mol. The number of benzene rings is 3. The molecular formula is C28H27N7O2. The van der Waals surface area contributed by atoms with Gasteiger partial charge in [-0.25, -0.2) is 4.68 Å². The quantitative estimate of drug-likeness (QED) is 0.391. The molecule has 186 valence electrons. The van der Waals surface area contributed by atoms with Gasteiger partial charge in [-0.15, -0.1) is 5.10 Å². The van der Waals surface area contributed by atoms with Crippen molar-refractivity contribution >= 4 is 33.6 Å². The molecule has 1 fully saturated rings. The number of nitrogens with two attached hydrogens (primary N) is 1. The number of likely N-dealkylation sites (N-methyl/N-ethyl adjacent to an activating group) is 1. The van der Waals surface area contributed by atoms with Crippen LogP contribution in [-0.2, 0) is 11.2 Å². The molecule has 9 nitrogen and oxygen atoms in total. The van der Waals surface area contributed by atoms with Gasteiger partial charge in [-0.1, -0.05) is 47.7 Å². The number of amides is 2. The van der Waals surface area contributed by atoms with Crippen LogP contribution < -0.4 is 5.73 Å². The molecule has 3 aromatic carbocycles. The fourth-order valence-corrected chi connectivity index (χ4v) is 5.02. The number of piperazine rings is 1. The van der Waals surface area contributed by atoms with Gasteiger partial charge in [0.1, 0.15) is 5.69 Å². The van der Waals surface area contributed by atoms with Crippen LogP contribution in [0.15, 0.2) is 66.9 Å². The number of hydrogen-bond donors (Lipinski definition) is 2. The van der Waals surface area contributed by atoms with E-state index in [1.54, 1.807) is 4.68 Å². The summed E-state index contributed by atoms with van der Waals surface area (Å²) in [6.07, 6.45) is 1.99. The molecule has 9 heteroatoms. The Bertz CT molecular complexity index is 1630. The predicted octanol–water partition coefficient (Wildman–Crippen LogP) is 2.98. The number of H-pyrrole nitrogens is 1. The Labute approximate surface area is 213 Å². The van der Waals surface area contributed by atoms with E-state index in [1.165, 1.54) is 0 Å². The van der Waals surface area contributed by atoms with Gasteiger partial charge in [0.05, 0.1) is 23.8 Å². The number of primary amides is 1. The maximum atomic E-state index is 13.2. The minimum atomic E-state index is -0.411. The fraction of sp³-hybridized carbons (Fsp3) is 0.214. The summed E-state index contributed by atoms with van der Waals surface area (Å²) in [7, 11) is 2.07. The number of hydrogen-bond acceptors (Lipinski definition) is 5. The summed E-state index contributed by atoms with van der Waals surface area (Å²) in [5.74, 6) is -0.388. The first kappa shape index (κ1) is 22.9. The third kappa shape index (κ3) is 4.23. The van der Waals surface area contributed by atoms with Crippen molar-refractivity contribution in [1.82, 2.24) is 29.8 Å². The molecule has 2 aromatic heterocycles. The maximum absolute atomic E-state index is 13.2. The number of aromatic amines is 1. The highest BCUT2D eigenvalue weighted by molar-refractivity contribution is 6.14. The summed E-state index contributed by atoms with van der Waals surface area (Å²) >= 11 is 0. The summed E-state index contributed by atoms with van der Waals surface area (Å²) in [6, 6.07) is 19.4. The van der Waals surface area contributed by atoms with Crippen molar-refractivity contribution in [2.45, 2.75) is 6.42 Å². The summed E-state index contributed by atoms with van der Waals surface area (Å²) in [4.78, 5) is 32.6. The van der Waals surface area contributed by atoms with Crippen LogP contribution in [0, 0.1) is 0 Å². The molecule has 6 rings (SSSR count). The minimum absolute atomic E-state index is 0.0232. The Hall–Kier alpha value is -4.50. The number of rotatable bonds is 5. The molecule has 2 amide bonds. The minimum Gasteiger partial charge on any atom is -0.369 e. The molecule has 3 N–H and O–H groups in total. The molecule has 1 aliphatic rings. The molecule has 5 aromatic rings. The van der Waals surface area contributed by atoms with Gasteiger partial charge >= 0.3 is 0 Å². The average molecular weight is 494 g/mol. The van der Waals surface area contributed by atoms with Crippen molar-refractivity contribution in [3.63, 3.8) is 0 Å². The first-order chi connectivity index (χ1) is 18.0. The molecule has 1 aliphatic heterocycles. The van der Waals surface area contributed by atoms with E-state index in [4.69, 9.17) is 5.73 Å². The van der Waals surface area contributed by atoms with Crippen LogP contribution >= 0.6 is 0 Å². The molecule has 0 aliphatic carbocycles. The highest BCUT2D eigenvalue weighted by Gasteiger charge is 2.22. The van der Waals surface area contributed by atoms with E-state index in [0.717, 1.165) is 57.4 Å². The summed E-state index contributed by atoms with van der Waals surface area (Å²) in [5.41, 5.74) is 11.1. The number of aromatic nitrogens is 4. The number of nitrogens with zero attached hydrogens (tertiary/aromatic N) is 5. The molecule has 0 unspecified atom stereocenters. The summed E-state index contributed by atoms with van der Waals surface area (Å²) in [6.45, 7) is 3.15. The van der Waals surface area contributed by atoms with Crippen LogP contribution in [0.3, 0.4) is 0 Å². The standard InChI is InChI=1S/C28H27N7O2/c1-33-11-13-34(14-12-33)28(37)20-7-9-21-22(15-20)30-27-19(16-25(29)36)8-10-24(26(21)27)35-17-23(31-32-35)18-5-3-2-4-6-18/h2-10,15,17,30H,11-14,16H2,1H3,(H2,29,36). The van der Waals surface area contributed by atoms with Gasteiger partial charge in [-0.05, 0) is 30.8 Å². The zero-order valence-electron chi connectivity index (χ0n) is 20.5. The van der Waals surface area contributed by atoms with Gasteiger partial charge in [0.25, 0.3) is 5.91 Å². The normalized spacial score (nSPS) is 14.5. The lowest BCUT2D eigenvalue weighted by atomic mass is 10.0. The molecule has 3 heterocycles. The molecule has 0 bridgehead atoms. The summed E-state index contributed by atoms with van der Waals surface area (Å²) in [5, 5.41) is 10.6. The zero-order chi connectivity index (χ0) is 25.5. The molecule has 37 heavy (non-hydrogen) atoms. The molecule has 0 atom stereocenters. The van der Waals surface area contributed by atoms with Gasteiger partial charge in [0.15, 0.2) is 0 Å². The van der Waals surface area contributed by atoms with E-state index in [9.17, 15) is 9.59 Å². The van der Waals surface area contributed by atoms with E-state index < -0.39 is 5.91 Å². The second kappa shape index (κ2) is 9.18. The number of nitrogens with one attached hydrogen (secondary N) is 1. The van der Waals surface area contributed by atoms with Gasteiger partial charge in [0, 0.05) is 53.6 Å². The Morgan fingerprint density at radius 3 is 2.54 bits per heavy atom. The van der Waals surface area contributed by atoms with E-state index in [0.29, 0.717) is 18.7 Å². The topological polar surface area (TPSA) is 113 Å². The van der Waals surface area contributed by atoms with Crippen LogP contribution in [0.2, 0.25) is 0 Å². The number of fused-ring (bicyclic) bond motifs is 3. The van der Waals surface area contributed by atoms with Gasteiger partial charge in [0.2, 0.25) is 5.91 Å². The van der Waals surface area contributed by atoms with Crippen molar-refractivity contribution in [3.05, 3.63) is 78.0 Å². The van der Waals surface area contributed by atoms with Crippen LogP contribution in [0.25, 0.3) is 38.8 Å². The van der Waals surface area contributed by atoms with Crippen molar-refractivity contribution in [2.75, 3.05) is 33.2 Å². The lowest BCUT2D eigenvalue weighted by molar-refractivity contribution is -0.117. The Kier molecular flexibility index (Phi) is 5.69. The number of carbonyl (C=O) groups excluding carboxylic acids is 2. The van der Waals surface area contributed by atoms with E-state index in [-0.39, 0.29) is 12.3 Å². The molecule has 0 radical (unpaired) electrons. The Balaban J connectivity index is 1.46. The van der Waals surface area contributed by atoms with Crippen LogP contribution in [0.4, 0.5) is 0 Å². The fourth-order valence-electron chi connectivity index (χ4n) is 5.02. The van der Waals surface area contributed by atoms with Crippen molar-refractivity contribution in [1.29, 1.82) is 0 Å². The zero-order valence-corrected chi connectivity index (χ0v) is 20.5. The molecule has 1 saturated heterocycles. The molecule has 0 spiro atoms. The smallest absolute Gasteiger partial charge is 0.254 e. The van der Waals surface area contributed by atoms with Gasteiger partial charge in [-0.2, -0.15) is 0 Å². The van der Waals surface area contributed by atoms with E-state index in [2.05, 4.69) is 27.2 Å². The van der Waals surface area contributed by atoms with Gasteiger partial charge in [-0.3, -0.25) is 9.59 Å². The SMILES string of the molecule is CN1CCN(C(=O)c2ccc3c(c2)[nH]c2c(CC(N)=O)ccc(-n4cc(-c5ccccc5)nn4)c23)CC1. The van der Waals surface area contributed by atoms with E-state index in [1.807, 2.05) is 71.8 Å². The first-order valence-corrected chi connectivity index (χ1v) is 12.3. The predicted molar refractivity (Wildman–Crippen MR) is 142 cm³/mol. The lowest BCUT2D eigenvalue weighted by Crippen LogP contribution is -2.47. The number of carbonyl (C=O) groups is 2. The van der Waals surface area contributed by atoms with E-state index >= 15 is 0 Å². The lowest BCUT2D eigenvalue weighted by Gasteiger charge is -2.32. The van der Waals surface area contributed by atoms with Crippen LogP contribution in [0.1, 0.15) is 15.9 Å². The second-order valence-electron chi connectivity index (χ2n) is 9.53. The highest BCUT2D eigenvalue weighted by atomic mass is 16.2. The third-order valence-electron chi connectivity index (χ3n) is 7.03. The maximum Gasteiger partial charge on any atom is 0.254 e. The Morgan fingerprint density at radius 1 is 1.00 bits per heavy atom. The van der Waals surface area contributed by atoms with Gasteiger partial charge < -0.3 is 20.5 Å². The first-order valence-electron chi connectivity index (χ1n) is 12.3. The molecular weight excluding hydrogens is 466 g/mol. The van der Waals surface area contributed by atoms with Crippen molar-refractivity contribution in [3.8, 4) is 16.9 Å². The molecule has 0 saturated carbocycles. The third-order valence-corrected chi connectivity index (χ3v) is 7.03.